The van der Waals surface area contributed by atoms with E-state index in [4.69, 9.17) is 4.84 Å². The summed E-state index contributed by atoms with van der Waals surface area (Å²) in [5.74, 6) is 0. The fraction of sp³-hybridized carbons (Fsp3) is 0.188. The molecule has 0 radical (unpaired) electrons. The largest absolute Gasteiger partial charge is 0.345 e. The summed E-state index contributed by atoms with van der Waals surface area (Å²) in [6.45, 7) is 5.70. The molecule has 0 aromatic carbocycles. The quantitative estimate of drug-likeness (QED) is 0.543. The normalized spacial score (nSPS) is 11.5. The van der Waals surface area contributed by atoms with Crippen LogP contribution in [0.3, 0.4) is 0 Å². The van der Waals surface area contributed by atoms with E-state index in [1.807, 2.05) is 32.9 Å². The van der Waals surface area contributed by atoms with E-state index >= 15 is 0 Å². The van der Waals surface area contributed by atoms with Gasteiger partial charge in [-0.1, -0.05) is 5.16 Å². The van der Waals surface area contributed by atoms with E-state index in [1.165, 1.54) is 0 Å². The van der Waals surface area contributed by atoms with E-state index in [2.05, 4.69) is 25.1 Å². The Balaban J connectivity index is 1.83. The molecule has 116 valence electrons. The first-order valence-electron chi connectivity index (χ1n) is 7.03. The monoisotopic (exact) mass is 325 g/mol. The molecule has 0 N–H and O–H groups in total. The molecule has 0 unspecified atom stereocenters. The average Bonchev–Trinajstić information content (AvgIpc) is 2.95. The maximum atomic E-state index is 5.31. The Kier molecular flexibility index (Phi) is 4.38. The Bertz CT molecular complexity index is 845. The minimum absolute atomic E-state index is 0.235. The first-order valence-corrected chi connectivity index (χ1v) is 7.84. The lowest BCUT2D eigenvalue weighted by Crippen LogP contribution is -1.99. The van der Waals surface area contributed by atoms with Gasteiger partial charge >= 0.3 is 6.01 Å². The van der Waals surface area contributed by atoms with Crippen molar-refractivity contribution >= 4 is 17.0 Å². The lowest BCUT2D eigenvalue weighted by molar-refractivity contribution is 0.312. The third-order valence-electron chi connectivity index (χ3n) is 3.07. The van der Waals surface area contributed by atoms with Gasteiger partial charge in [0, 0.05) is 29.8 Å². The summed E-state index contributed by atoms with van der Waals surface area (Å²) in [4.78, 5) is 23.2. The van der Waals surface area contributed by atoms with Crippen LogP contribution in [0, 0.1) is 13.8 Å². The number of hydrogen-bond acceptors (Lipinski definition) is 7. The fourth-order valence-electron chi connectivity index (χ4n) is 1.97. The molecule has 3 aromatic heterocycles. The highest BCUT2D eigenvalue weighted by molar-refractivity contribution is 7.17. The number of aromatic nitrogens is 4. The first-order chi connectivity index (χ1) is 11.1. The molecule has 0 amide bonds. The molecule has 0 saturated heterocycles. The van der Waals surface area contributed by atoms with E-state index in [-0.39, 0.29) is 6.01 Å². The van der Waals surface area contributed by atoms with Gasteiger partial charge in [-0.3, -0.25) is 4.98 Å². The lowest BCUT2D eigenvalue weighted by atomic mass is 10.3. The summed E-state index contributed by atoms with van der Waals surface area (Å²) in [5.41, 5.74) is 3.46. The zero-order valence-corrected chi connectivity index (χ0v) is 13.8. The lowest BCUT2D eigenvalue weighted by Gasteiger charge is -1.99. The van der Waals surface area contributed by atoms with Crippen molar-refractivity contribution in [3.05, 3.63) is 53.1 Å². The third-order valence-corrected chi connectivity index (χ3v) is 4.39. The highest BCUT2D eigenvalue weighted by atomic mass is 32.1. The smallest absolute Gasteiger partial charge is 0.315 e. The van der Waals surface area contributed by atoms with Crippen molar-refractivity contribution in [3.63, 3.8) is 0 Å². The second kappa shape index (κ2) is 6.62. The van der Waals surface area contributed by atoms with Crippen molar-refractivity contribution in [3.8, 4) is 16.6 Å². The summed E-state index contributed by atoms with van der Waals surface area (Å²) in [6.07, 6.45) is 5.18. The number of nitrogens with zero attached hydrogens (tertiary/aromatic N) is 5. The van der Waals surface area contributed by atoms with Gasteiger partial charge < -0.3 is 4.84 Å². The van der Waals surface area contributed by atoms with E-state index in [1.54, 1.807) is 36.0 Å². The summed E-state index contributed by atoms with van der Waals surface area (Å²) < 4.78 is 0. The van der Waals surface area contributed by atoms with Gasteiger partial charge in [0.15, 0.2) is 0 Å². The number of thiazole rings is 1. The summed E-state index contributed by atoms with van der Waals surface area (Å²) >= 11 is 1.56. The molecule has 6 nitrogen and oxygen atoms in total. The fourth-order valence-corrected chi connectivity index (χ4v) is 2.96. The van der Waals surface area contributed by atoms with E-state index < -0.39 is 0 Å². The maximum absolute atomic E-state index is 5.31. The van der Waals surface area contributed by atoms with E-state index in [0.29, 0.717) is 0 Å². The Hall–Kier alpha value is -2.67. The van der Waals surface area contributed by atoms with Gasteiger partial charge in [-0.15, -0.1) is 11.3 Å². The number of rotatable bonds is 4. The van der Waals surface area contributed by atoms with Gasteiger partial charge in [-0.05, 0) is 39.0 Å². The Morgan fingerprint density at radius 2 is 2.04 bits per heavy atom. The van der Waals surface area contributed by atoms with Crippen molar-refractivity contribution in [2.45, 2.75) is 20.8 Å². The molecular formula is C16H15N5OS. The maximum Gasteiger partial charge on any atom is 0.345 e. The molecule has 0 spiro atoms. The highest BCUT2D eigenvalue weighted by Gasteiger charge is 2.12. The van der Waals surface area contributed by atoms with Crippen molar-refractivity contribution < 1.29 is 4.84 Å². The van der Waals surface area contributed by atoms with Crippen LogP contribution in [0.4, 0.5) is 0 Å². The van der Waals surface area contributed by atoms with Crippen molar-refractivity contribution in [2.24, 2.45) is 5.16 Å². The molecule has 3 heterocycles. The average molecular weight is 325 g/mol. The summed E-state index contributed by atoms with van der Waals surface area (Å²) in [7, 11) is 0. The number of oxime groups is 1. The van der Waals surface area contributed by atoms with Crippen molar-refractivity contribution in [1.29, 1.82) is 0 Å². The zero-order valence-electron chi connectivity index (χ0n) is 13.0. The molecule has 3 aromatic rings. The second-order valence-electron chi connectivity index (χ2n) is 4.92. The molecule has 0 aliphatic heterocycles. The summed E-state index contributed by atoms with van der Waals surface area (Å²) in [5, 5.41) is 5.03. The number of pyridine rings is 1. The van der Waals surface area contributed by atoms with Crippen LogP contribution in [0.5, 0.6) is 6.01 Å². The van der Waals surface area contributed by atoms with Crippen LogP contribution in [0.2, 0.25) is 0 Å². The van der Waals surface area contributed by atoms with E-state index in [0.717, 1.165) is 32.5 Å². The molecule has 0 aliphatic carbocycles. The molecule has 3 rings (SSSR count). The van der Waals surface area contributed by atoms with Crippen molar-refractivity contribution in [1.82, 2.24) is 19.9 Å². The van der Waals surface area contributed by atoms with Crippen LogP contribution in [0.1, 0.15) is 23.2 Å². The van der Waals surface area contributed by atoms with Crippen LogP contribution in [0.25, 0.3) is 10.6 Å². The zero-order chi connectivity index (χ0) is 16.2. The topological polar surface area (TPSA) is 73.2 Å². The molecule has 0 saturated carbocycles. The minimum Gasteiger partial charge on any atom is -0.315 e. The molecular weight excluding hydrogens is 310 g/mol. The van der Waals surface area contributed by atoms with Crippen molar-refractivity contribution in [2.75, 3.05) is 0 Å². The second-order valence-corrected chi connectivity index (χ2v) is 5.92. The molecule has 0 bridgehead atoms. The van der Waals surface area contributed by atoms with E-state index in [9.17, 15) is 0 Å². The number of aryl methyl sites for hydroxylation is 2. The first kappa shape index (κ1) is 15.2. The van der Waals surface area contributed by atoms with Gasteiger partial charge in [-0.2, -0.15) is 4.98 Å². The van der Waals surface area contributed by atoms with Crippen LogP contribution in [0.15, 0.2) is 41.9 Å². The Morgan fingerprint density at radius 3 is 2.78 bits per heavy atom. The predicted molar refractivity (Wildman–Crippen MR) is 89.7 cm³/mol. The van der Waals surface area contributed by atoms with Crippen LogP contribution < -0.4 is 4.84 Å². The van der Waals surface area contributed by atoms with Crippen LogP contribution >= 0.6 is 11.3 Å². The minimum atomic E-state index is 0.235. The van der Waals surface area contributed by atoms with Gasteiger partial charge in [0.2, 0.25) is 0 Å². The molecule has 23 heavy (non-hydrogen) atoms. The van der Waals surface area contributed by atoms with Gasteiger partial charge in [0.1, 0.15) is 5.01 Å². The third kappa shape index (κ3) is 3.57. The number of hydrogen-bond donors (Lipinski definition) is 0. The predicted octanol–water partition coefficient (Wildman–Crippen LogP) is 3.41. The molecule has 0 fully saturated rings. The van der Waals surface area contributed by atoms with Crippen LogP contribution in [-0.2, 0) is 0 Å². The molecule has 7 heteroatoms. The Morgan fingerprint density at radius 1 is 1.17 bits per heavy atom. The van der Waals surface area contributed by atoms with Crippen LogP contribution in [-0.4, -0.2) is 25.6 Å². The van der Waals surface area contributed by atoms with Gasteiger partial charge in [0.25, 0.3) is 0 Å². The highest BCUT2D eigenvalue weighted by Crippen LogP contribution is 2.27. The molecule has 0 aliphatic rings. The SMILES string of the molecule is C/C(=N\Oc1nccc(C)n1)c1sc(-c2cccnc2)nc1C. The summed E-state index contributed by atoms with van der Waals surface area (Å²) in [6, 6.07) is 5.92. The Labute approximate surface area is 137 Å². The van der Waals surface area contributed by atoms with Gasteiger partial charge in [-0.25, -0.2) is 9.97 Å². The molecule has 0 atom stereocenters. The van der Waals surface area contributed by atoms with Gasteiger partial charge in [0.05, 0.1) is 16.3 Å². The standard InChI is InChI=1S/C16H15N5OS/c1-10-6-8-18-16(19-10)22-21-12(3)14-11(2)20-15(23-14)13-5-4-7-17-9-13/h4-9H,1-3H3/b21-12+.